The number of epoxide rings is 1. The molecule has 15 heavy (non-hydrogen) atoms. The van der Waals surface area contributed by atoms with Crippen molar-refractivity contribution < 1.29 is 9.47 Å². The van der Waals surface area contributed by atoms with Crippen LogP contribution in [0.2, 0.25) is 19.6 Å². The van der Waals surface area contributed by atoms with E-state index in [0.29, 0.717) is 5.73 Å². The summed E-state index contributed by atoms with van der Waals surface area (Å²) in [4.78, 5) is 0. The van der Waals surface area contributed by atoms with E-state index in [1.165, 1.54) is 5.56 Å². The van der Waals surface area contributed by atoms with Gasteiger partial charge in [0.1, 0.15) is 11.9 Å². The maximum atomic E-state index is 5.79. The lowest BCUT2D eigenvalue weighted by atomic mass is 10.1. The van der Waals surface area contributed by atoms with Gasteiger partial charge in [0, 0.05) is 5.56 Å². The summed E-state index contributed by atoms with van der Waals surface area (Å²) in [5.41, 5.74) is 1.65. The van der Waals surface area contributed by atoms with Gasteiger partial charge in [-0.2, -0.15) is 0 Å². The molecule has 1 aromatic rings. The average Bonchev–Trinajstić information content (AvgIpc) is 2.96. The molecule has 82 valence electrons. The fourth-order valence-corrected chi connectivity index (χ4v) is 3.55. The van der Waals surface area contributed by atoms with E-state index in [1.54, 1.807) is 7.11 Å². The lowest BCUT2D eigenvalue weighted by molar-refractivity contribution is 0.377. The van der Waals surface area contributed by atoms with Crippen LogP contribution < -0.4 is 4.74 Å². The van der Waals surface area contributed by atoms with E-state index in [0.717, 1.165) is 5.75 Å². The van der Waals surface area contributed by atoms with E-state index in [9.17, 15) is 0 Å². The monoisotopic (exact) mass is 222 g/mol. The Balaban J connectivity index is 2.20. The van der Waals surface area contributed by atoms with E-state index >= 15 is 0 Å². The van der Waals surface area contributed by atoms with Gasteiger partial charge in [-0.15, -0.1) is 0 Å². The lowest BCUT2D eigenvalue weighted by Gasteiger charge is -2.12. The SMILES string of the molecule is COc1ccccc1[C@@H]1O[C@@H]1[Si](C)(C)C. The Morgan fingerprint density at radius 3 is 2.40 bits per heavy atom. The zero-order valence-corrected chi connectivity index (χ0v) is 10.8. The molecule has 0 aromatic heterocycles. The molecule has 0 N–H and O–H groups in total. The van der Waals surface area contributed by atoms with Crippen molar-refractivity contribution in [2.24, 2.45) is 0 Å². The van der Waals surface area contributed by atoms with Crippen molar-refractivity contribution >= 4 is 8.07 Å². The van der Waals surface area contributed by atoms with E-state index in [4.69, 9.17) is 9.47 Å². The normalized spacial score (nSPS) is 25.1. The molecule has 1 aromatic carbocycles. The Kier molecular flexibility index (Phi) is 2.60. The van der Waals surface area contributed by atoms with E-state index in [2.05, 4.69) is 25.7 Å². The minimum atomic E-state index is -1.18. The minimum Gasteiger partial charge on any atom is -0.496 e. The average molecular weight is 222 g/mol. The van der Waals surface area contributed by atoms with Crippen LogP contribution in [0.1, 0.15) is 11.7 Å². The first kappa shape index (κ1) is 10.7. The molecule has 0 bridgehead atoms. The molecule has 3 heteroatoms. The van der Waals surface area contributed by atoms with Gasteiger partial charge >= 0.3 is 0 Å². The Labute approximate surface area is 92.2 Å². The molecule has 0 spiro atoms. The summed E-state index contributed by atoms with van der Waals surface area (Å²) in [7, 11) is 0.530. The lowest BCUT2D eigenvalue weighted by Crippen LogP contribution is -2.29. The summed E-state index contributed by atoms with van der Waals surface area (Å²) < 4.78 is 11.1. The van der Waals surface area contributed by atoms with E-state index in [1.807, 2.05) is 18.2 Å². The topological polar surface area (TPSA) is 21.8 Å². The van der Waals surface area contributed by atoms with Crippen LogP contribution >= 0.6 is 0 Å². The van der Waals surface area contributed by atoms with Crippen molar-refractivity contribution in [1.82, 2.24) is 0 Å². The van der Waals surface area contributed by atoms with Crippen LogP contribution in [0.3, 0.4) is 0 Å². The molecule has 1 heterocycles. The molecule has 2 rings (SSSR count). The Morgan fingerprint density at radius 2 is 1.87 bits per heavy atom. The van der Waals surface area contributed by atoms with Crippen LogP contribution in [0.5, 0.6) is 5.75 Å². The fourth-order valence-electron chi connectivity index (χ4n) is 1.91. The standard InChI is InChI=1S/C12H18O2Si/c1-13-10-8-6-5-7-9(10)11-12(14-11)15(2,3)4/h5-8,11-12H,1-4H3/t11-,12+/m0/s1. The first-order valence-corrected chi connectivity index (χ1v) is 8.90. The molecule has 2 nitrogen and oxygen atoms in total. The largest absolute Gasteiger partial charge is 0.496 e. The maximum Gasteiger partial charge on any atom is 0.124 e. The zero-order valence-electron chi connectivity index (χ0n) is 9.78. The quantitative estimate of drug-likeness (QED) is 0.579. The van der Waals surface area contributed by atoms with Crippen molar-refractivity contribution in [3.05, 3.63) is 29.8 Å². The third-order valence-electron chi connectivity index (χ3n) is 2.79. The smallest absolute Gasteiger partial charge is 0.124 e. The third kappa shape index (κ3) is 2.08. The van der Waals surface area contributed by atoms with Crippen molar-refractivity contribution in [1.29, 1.82) is 0 Å². The van der Waals surface area contributed by atoms with Gasteiger partial charge in [-0.05, 0) is 6.07 Å². The number of ether oxygens (including phenoxy) is 2. The predicted molar refractivity (Wildman–Crippen MR) is 64.0 cm³/mol. The number of benzene rings is 1. The molecule has 0 saturated carbocycles. The minimum absolute atomic E-state index is 0.271. The molecule has 1 fully saturated rings. The van der Waals surface area contributed by atoms with Crippen molar-refractivity contribution in [3.63, 3.8) is 0 Å². The van der Waals surface area contributed by atoms with Gasteiger partial charge in [0.05, 0.1) is 20.9 Å². The Bertz CT molecular complexity index is 357. The highest BCUT2D eigenvalue weighted by Crippen LogP contribution is 2.46. The predicted octanol–water partition coefficient (Wildman–Crippen LogP) is 3.01. The molecule has 0 amide bonds. The van der Waals surface area contributed by atoms with Gasteiger partial charge in [-0.25, -0.2) is 0 Å². The second-order valence-electron chi connectivity index (χ2n) is 5.09. The number of methoxy groups -OCH3 is 1. The van der Waals surface area contributed by atoms with Crippen molar-refractivity contribution in [3.8, 4) is 5.75 Å². The fraction of sp³-hybridized carbons (Fsp3) is 0.500. The van der Waals surface area contributed by atoms with Crippen molar-refractivity contribution in [2.45, 2.75) is 31.5 Å². The molecule has 2 atom stereocenters. The maximum absolute atomic E-state index is 5.79. The van der Waals surface area contributed by atoms with Gasteiger partial charge in [-0.3, -0.25) is 0 Å². The molecule has 1 aliphatic heterocycles. The molecular formula is C12H18O2Si. The zero-order chi connectivity index (χ0) is 11.1. The molecule has 1 saturated heterocycles. The van der Waals surface area contributed by atoms with Crippen LogP contribution in [0.25, 0.3) is 0 Å². The van der Waals surface area contributed by atoms with E-state index < -0.39 is 8.07 Å². The van der Waals surface area contributed by atoms with Crippen LogP contribution in [-0.4, -0.2) is 20.9 Å². The highest BCUT2D eigenvalue weighted by Gasteiger charge is 2.49. The van der Waals surface area contributed by atoms with Crippen LogP contribution in [-0.2, 0) is 4.74 Å². The number of rotatable bonds is 3. The number of hydrogen-bond acceptors (Lipinski definition) is 2. The number of hydrogen-bond donors (Lipinski definition) is 0. The summed E-state index contributed by atoms with van der Waals surface area (Å²) in [6.45, 7) is 7.02. The molecule has 0 radical (unpaired) electrons. The first-order chi connectivity index (χ1) is 7.04. The highest BCUT2D eigenvalue weighted by molar-refractivity contribution is 6.78. The molecule has 1 aliphatic rings. The highest BCUT2D eigenvalue weighted by atomic mass is 28.3. The molecule has 0 unspecified atom stereocenters. The first-order valence-electron chi connectivity index (χ1n) is 5.32. The van der Waals surface area contributed by atoms with Crippen molar-refractivity contribution in [2.75, 3.05) is 7.11 Å². The second-order valence-corrected chi connectivity index (χ2v) is 10.4. The van der Waals surface area contributed by atoms with Gasteiger partial charge in [0.2, 0.25) is 0 Å². The van der Waals surface area contributed by atoms with Gasteiger partial charge in [0.25, 0.3) is 0 Å². The summed E-state index contributed by atoms with van der Waals surface area (Å²) in [6, 6.07) is 8.14. The van der Waals surface area contributed by atoms with Crippen LogP contribution in [0, 0.1) is 0 Å². The molecule has 0 aliphatic carbocycles. The molecular weight excluding hydrogens is 204 g/mol. The third-order valence-corrected chi connectivity index (χ3v) is 4.94. The van der Waals surface area contributed by atoms with Gasteiger partial charge in [0.15, 0.2) is 0 Å². The van der Waals surface area contributed by atoms with Gasteiger partial charge < -0.3 is 9.47 Å². The summed E-state index contributed by atoms with van der Waals surface area (Å²) in [5.74, 6) is 0.947. The second kappa shape index (κ2) is 3.65. The summed E-state index contributed by atoms with van der Waals surface area (Å²) in [5, 5.41) is 0. The van der Waals surface area contributed by atoms with E-state index in [-0.39, 0.29) is 6.10 Å². The van der Waals surface area contributed by atoms with Crippen LogP contribution in [0.4, 0.5) is 0 Å². The number of para-hydroxylation sites is 1. The summed E-state index contributed by atoms with van der Waals surface area (Å²) >= 11 is 0. The Morgan fingerprint density at radius 1 is 1.20 bits per heavy atom. The van der Waals surface area contributed by atoms with Crippen LogP contribution in [0.15, 0.2) is 24.3 Å². The summed E-state index contributed by atoms with van der Waals surface area (Å²) in [6.07, 6.45) is 0.271. The Hall–Kier alpha value is -0.803. The van der Waals surface area contributed by atoms with Gasteiger partial charge in [-0.1, -0.05) is 37.8 Å².